The number of nitrogens with one attached hydrogen (secondary N) is 2. The number of amides is 3. The van der Waals surface area contributed by atoms with Gasteiger partial charge in [0.1, 0.15) is 17.7 Å². The van der Waals surface area contributed by atoms with Gasteiger partial charge in [0.05, 0.1) is 13.2 Å². The fraction of sp³-hybridized carbons (Fsp3) is 0.552. The molecule has 0 radical (unpaired) electrons. The van der Waals surface area contributed by atoms with Crippen molar-refractivity contribution in [2.24, 2.45) is 0 Å². The number of carbonyl (C=O) groups is 5. The Balaban J connectivity index is 2.52. The second-order valence-electron chi connectivity index (χ2n) is 10.6. The molecule has 2 rings (SSSR count). The minimum absolute atomic E-state index is 0.0220. The van der Waals surface area contributed by atoms with E-state index in [9.17, 15) is 24.0 Å². The van der Waals surface area contributed by atoms with Crippen LogP contribution in [0.3, 0.4) is 0 Å². The summed E-state index contributed by atoms with van der Waals surface area (Å²) in [5.41, 5.74) is -3.71. The topological polar surface area (TPSA) is 140 Å². The van der Waals surface area contributed by atoms with Gasteiger partial charge in [0.15, 0.2) is 0 Å². The van der Waals surface area contributed by atoms with E-state index in [0.29, 0.717) is 6.42 Å². The summed E-state index contributed by atoms with van der Waals surface area (Å²) >= 11 is 0. The summed E-state index contributed by atoms with van der Waals surface area (Å²) in [5.74, 6) is -3.21. The van der Waals surface area contributed by atoms with Gasteiger partial charge in [-0.15, -0.1) is 0 Å². The molecule has 3 amide bonds. The van der Waals surface area contributed by atoms with Gasteiger partial charge in [0, 0.05) is 13.0 Å². The van der Waals surface area contributed by atoms with E-state index in [-0.39, 0.29) is 32.6 Å². The van der Waals surface area contributed by atoms with Crippen molar-refractivity contribution >= 4 is 29.8 Å². The van der Waals surface area contributed by atoms with Crippen LogP contribution in [0.1, 0.15) is 66.4 Å². The summed E-state index contributed by atoms with van der Waals surface area (Å²) < 4.78 is 15.6. The van der Waals surface area contributed by atoms with Gasteiger partial charge in [0.25, 0.3) is 0 Å². The molecule has 40 heavy (non-hydrogen) atoms. The van der Waals surface area contributed by atoms with Crippen LogP contribution in [-0.2, 0) is 39.9 Å². The van der Waals surface area contributed by atoms with E-state index in [0.717, 1.165) is 5.56 Å². The molecule has 1 aromatic carbocycles. The summed E-state index contributed by atoms with van der Waals surface area (Å²) in [5, 5.41) is 5.06. The Morgan fingerprint density at radius 1 is 1.00 bits per heavy atom. The van der Waals surface area contributed by atoms with Crippen molar-refractivity contribution in [1.29, 1.82) is 0 Å². The molecule has 11 heteroatoms. The van der Waals surface area contributed by atoms with Crippen LogP contribution in [0.5, 0.6) is 0 Å². The van der Waals surface area contributed by atoms with Gasteiger partial charge < -0.3 is 29.7 Å². The molecule has 0 saturated heterocycles. The minimum Gasteiger partial charge on any atom is -0.464 e. The van der Waals surface area contributed by atoms with Gasteiger partial charge in [-0.2, -0.15) is 0 Å². The SMILES string of the molecule is CCOC(=O)C1(C(=O)OCC)C/C=C\CC[C@](C)(N(Cc2ccccc2)C(=O)CNC(=O)OC(C)(C)C)C(=O)N1. The standard InChI is InChI=1S/C29H41N3O8/c1-7-38-24(35)29(25(36)39-8-2)18-14-10-13-17-28(6,23(34)31-29)32(20-21-15-11-9-12-16-21)22(33)19-30-26(37)40-27(3,4)5/h9-12,14-16H,7-8,13,17-20H2,1-6H3,(H,30,37)(H,31,34)/b14-10-/t28-/m0/s1. The third kappa shape index (κ3) is 8.30. The van der Waals surface area contributed by atoms with Crippen molar-refractivity contribution in [1.82, 2.24) is 15.5 Å². The zero-order chi connectivity index (χ0) is 30.0. The van der Waals surface area contributed by atoms with Gasteiger partial charge in [-0.1, -0.05) is 42.5 Å². The Kier molecular flexibility index (Phi) is 11.3. The smallest absolute Gasteiger partial charge is 0.408 e. The van der Waals surface area contributed by atoms with Crippen LogP contribution in [-0.4, -0.2) is 71.2 Å². The quantitative estimate of drug-likeness (QED) is 0.204. The number of rotatable bonds is 9. The highest BCUT2D eigenvalue weighted by Gasteiger charge is 2.53. The van der Waals surface area contributed by atoms with Crippen LogP contribution in [0.15, 0.2) is 42.5 Å². The fourth-order valence-electron chi connectivity index (χ4n) is 4.21. The van der Waals surface area contributed by atoms with Crippen LogP contribution in [0, 0.1) is 0 Å². The molecule has 1 aliphatic rings. The highest BCUT2D eigenvalue weighted by atomic mass is 16.6. The molecule has 0 unspecified atom stereocenters. The number of carbonyl (C=O) groups excluding carboxylic acids is 5. The second kappa shape index (κ2) is 14.0. The van der Waals surface area contributed by atoms with Crippen LogP contribution in [0.4, 0.5) is 4.79 Å². The van der Waals surface area contributed by atoms with Crippen LogP contribution >= 0.6 is 0 Å². The van der Waals surface area contributed by atoms with E-state index in [1.54, 1.807) is 78.0 Å². The summed E-state index contributed by atoms with van der Waals surface area (Å²) in [4.78, 5) is 67.6. The minimum atomic E-state index is -2.14. The first-order chi connectivity index (χ1) is 18.8. The van der Waals surface area contributed by atoms with Gasteiger partial charge in [-0.3, -0.25) is 9.59 Å². The molecule has 0 bridgehead atoms. The van der Waals surface area contributed by atoms with E-state index in [1.807, 2.05) is 6.07 Å². The second-order valence-corrected chi connectivity index (χ2v) is 10.6. The highest BCUT2D eigenvalue weighted by molar-refractivity contribution is 6.09. The maximum atomic E-state index is 14.1. The molecule has 2 N–H and O–H groups in total. The number of ether oxygens (including phenoxy) is 3. The zero-order valence-corrected chi connectivity index (χ0v) is 24.2. The summed E-state index contributed by atoms with van der Waals surface area (Å²) in [7, 11) is 0. The molecule has 1 heterocycles. The molecule has 0 fully saturated rings. The maximum Gasteiger partial charge on any atom is 0.408 e. The largest absolute Gasteiger partial charge is 0.464 e. The molecule has 0 spiro atoms. The van der Waals surface area contributed by atoms with E-state index in [4.69, 9.17) is 14.2 Å². The number of benzene rings is 1. The summed E-state index contributed by atoms with van der Waals surface area (Å²) in [6.45, 7) is 9.38. The van der Waals surface area contributed by atoms with E-state index < -0.39 is 53.1 Å². The Bertz CT molecular complexity index is 1080. The number of allylic oxidation sites excluding steroid dienone is 1. The van der Waals surface area contributed by atoms with Crippen molar-refractivity contribution in [2.45, 2.75) is 84.0 Å². The molecular formula is C29H41N3O8. The van der Waals surface area contributed by atoms with Crippen molar-refractivity contribution < 1.29 is 38.2 Å². The Labute approximate surface area is 235 Å². The van der Waals surface area contributed by atoms with Crippen LogP contribution in [0.2, 0.25) is 0 Å². The Hall–Kier alpha value is -3.89. The maximum absolute atomic E-state index is 14.1. The van der Waals surface area contributed by atoms with E-state index >= 15 is 0 Å². The Morgan fingerprint density at radius 3 is 2.15 bits per heavy atom. The Morgan fingerprint density at radius 2 is 1.60 bits per heavy atom. The number of hydrogen-bond acceptors (Lipinski definition) is 8. The fourth-order valence-corrected chi connectivity index (χ4v) is 4.21. The molecular weight excluding hydrogens is 518 g/mol. The van der Waals surface area contributed by atoms with Crippen molar-refractivity contribution in [3.63, 3.8) is 0 Å². The third-order valence-corrected chi connectivity index (χ3v) is 6.32. The van der Waals surface area contributed by atoms with Crippen molar-refractivity contribution in [3.8, 4) is 0 Å². The molecule has 1 atom stereocenters. The monoisotopic (exact) mass is 559 g/mol. The summed E-state index contributed by atoms with van der Waals surface area (Å²) in [6, 6.07) is 9.04. The first kappa shape index (κ1) is 32.3. The molecule has 220 valence electrons. The zero-order valence-electron chi connectivity index (χ0n) is 24.2. The van der Waals surface area contributed by atoms with Gasteiger partial charge in [0.2, 0.25) is 17.4 Å². The van der Waals surface area contributed by atoms with E-state index in [2.05, 4.69) is 10.6 Å². The van der Waals surface area contributed by atoms with Crippen molar-refractivity contribution in [2.75, 3.05) is 19.8 Å². The lowest BCUT2D eigenvalue weighted by Crippen LogP contribution is -2.68. The van der Waals surface area contributed by atoms with E-state index in [1.165, 1.54) is 4.90 Å². The predicted molar refractivity (Wildman–Crippen MR) is 147 cm³/mol. The number of nitrogens with zero attached hydrogens (tertiary/aromatic N) is 1. The van der Waals surface area contributed by atoms with Crippen molar-refractivity contribution in [3.05, 3.63) is 48.0 Å². The third-order valence-electron chi connectivity index (χ3n) is 6.32. The lowest BCUT2D eigenvalue weighted by atomic mass is 9.89. The number of esters is 2. The lowest BCUT2D eigenvalue weighted by molar-refractivity contribution is -0.169. The van der Waals surface area contributed by atoms with Gasteiger partial charge in [-0.25, -0.2) is 14.4 Å². The first-order valence-electron chi connectivity index (χ1n) is 13.4. The number of alkyl carbamates (subject to hydrolysis) is 1. The average molecular weight is 560 g/mol. The highest BCUT2D eigenvalue weighted by Crippen LogP contribution is 2.29. The van der Waals surface area contributed by atoms with Crippen LogP contribution in [0.25, 0.3) is 0 Å². The average Bonchev–Trinajstić information content (AvgIpc) is 2.95. The molecule has 0 saturated carbocycles. The molecule has 0 aliphatic carbocycles. The van der Waals surface area contributed by atoms with Gasteiger partial charge >= 0.3 is 18.0 Å². The lowest BCUT2D eigenvalue weighted by Gasteiger charge is -2.42. The molecule has 1 aromatic rings. The number of hydrogen-bond donors (Lipinski definition) is 2. The normalized spacial score (nSPS) is 19.5. The van der Waals surface area contributed by atoms with Crippen LogP contribution < -0.4 is 10.6 Å². The first-order valence-corrected chi connectivity index (χ1v) is 13.4. The molecule has 0 aromatic heterocycles. The molecule has 11 nitrogen and oxygen atoms in total. The molecule has 1 aliphatic heterocycles. The predicted octanol–water partition coefficient (Wildman–Crippen LogP) is 3.02. The summed E-state index contributed by atoms with van der Waals surface area (Å²) in [6.07, 6.45) is 2.94. The van der Waals surface area contributed by atoms with Gasteiger partial charge in [-0.05, 0) is 59.9 Å².